The molecule has 118 valence electrons. The molecule has 1 unspecified atom stereocenters. The summed E-state index contributed by atoms with van der Waals surface area (Å²) in [5.74, 6) is -1.38. The number of benzene rings is 1. The predicted octanol–water partition coefficient (Wildman–Crippen LogP) is 2.36. The predicted molar refractivity (Wildman–Crippen MR) is 77.1 cm³/mol. The van der Waals surface area contributed by atoms with Crippen LogP contribution in [0.1, 0.15) is 37.3 Å². The van der Waals surface area contributed by atoms with Crippen LogP contribution >= 0.6 is 0 Å². The van der Waals surface area contributed by atoms with Crippen molar-refractivity contribution in [2.75, 3.05) is 0 Å². The van der Waals surface area contributed by atoms with Gasteiger partial charge in [0.25, 0.3) is 0 Å². The molecule has 2 N–H and O–H groups in total. The Balaban J connectivity index is 2.85. The molecule has 1 atom stereocenters. The molecule has 0 saturated heterocycles. The molecule has 1 aromatic carbocycles. The molecule has 0 saturated carbocycles. The van der Waals surface area contributed by atoms with Crippen LogP contribution in [0.5, 0.6) is 0 Å². The van der Waals surface area contributed by atoms with Gasteiger partial charge in [-0.05, 0) is 56.9 Å². The van der Waals surface area contributed by atoms with Crippen molar-refractivity contribution in [1.82, 2.24) is 4.72 Å². The number of carboxylic acid groups (broad SMARTS) is 1. The summed E-state index contributed by atoms with van der Waals surface area (Å²) in [6, 6.07) is 1.96. The molecule has 7 heteroatoms. The summed E-state index contributed by atoms with van der Waals surface area (Å²) >= 11 is 0. The second kappa shape index (κ2) is 7.00. The van der Waals surface area contributed by atoms with Crippen LogP contribution in [0, 0.1) is 19.7 Å². The summed E-state index contributed by atoms with van der Waals surface area (Å²) in [5.41, 5.74) is 0.690. The van der Waals surface area contributed by atoms with E-state index in [0.717, 1.165) is 0 Å². The number of carbonyl (C=O) groups is 1. The smallest absolute Gasteiger partial charge is 0.303 e. The van der Waals surface area contributed by atoms with Gasteiger partial charge < -0.3 is 5.11 Å². The number of carboxylic acids is 1. The Morgan fingerprint density at radius 3 is 2.33 bits per heavy atom. The van der Waals surface area contributed by atoms with Crippen LogP contribution in [0.25, 0.3) is 0 Å². The first-order chi connectivity index (χ1) is 9.63. The van der Waals surface area contributed by atoms with Crippen molar-refractivity contribution in [3.8, 4) is 0 Å². The van der Waals surface area contributed by atoms with Gasteiger partial charge in [0.15, 0.2) is 0 Å². The molecule has 1 rings (SSSR count). The Morgan fingerprint density at radius 2 is 1.86 bits per heavy atom. The van der Waals surface area contributed by atoms with Crippen LogP contribution < -0.4 is 4.72 Å². The van der Waals surface area contributed by atoms with Crippen molar-refractivity contribution in [2.45, 2.75) is 51.0 Å². The maximum atomic E-state index is 13.2. The number of hydrogen-bond donors (Lipinski definition) is 2. The maximum Gasteiger partial charge on any atom is 0.303 e. The SMILES string of the molecule is Cc1cc(F)cc(C)c1S(=O)(=O)NC(C)CCCC(=O)O. The van der Waals surface area contributed by atoms with Gasteiger partial charge in [0.2, 0.25) is 10.0 Å². The lowest BCUT2D eigenvalue weighted by atomic mass is 10.1. The van der Waals surface area contributed by atoms with E-state index in [2.05, 4.69) is 4.72 Å². The fourth-order valence-corrected chi connectivity index (χ4v) is 3.99. The van der Waals surface area contributed by atoms with Gasteiger partial charge in [0, 0.05) is 12.5 Å². The topological polar surface area (TPSA) is 83.5 Å². The van der Waals surface area contributed by atoms with Crippen LogP contribution in [0.15, 0.2) is 17.0 Å². The van der Waals surface area contributed by atoms with Crippen molar-refractivity contribution in [1.29, 1.82) is 0 Å². The van der Waals surface area contributed by atoms with Crippen molar-refractivity contribution >= 4 is 16.0 Å². The lowest BCUT2D eigenvalue weighted by Crippen LogP contribution is -2.33. The van der Waals surface area contributed by atoms with Gasteiger partial charge in [-0.3, -0.25) is 4.79 Å². The van der Waals surface area contributed by atoms with E-state index < -0.39 is 27.9 Å². The highest BCUT2D eigenvalue weighted by Crippen LogP contribution is 2.21. The zero-order chi connectivity index (χ0) is 16.2. The largest absolute Gasteiger partial charge is 0.481 e. The Labute approximate surface area is 124 Å². The van der Waals surface area contributed by atoms with Gasteiger partial charge in [-0.25, -0.2) is 17.5 Å². The molecule has 0 fully saturated rings. The van der Waals surface area contributed by atoms with Gasteiger partial charge in [0.05, 0.1) is 4.90 Å². The summed E-state index contributed by atoms with van der Waals surface area (Å²) in [6.45, 7) is 4.76. The van der Waals surface area contributed by atoms with Crippen LogP contribution in [-0.4, -0.2) is 25.5 Å². The van der Waals surface area contributed by atoms with Crippen LogP contribution in [-0.2, 0) is 14.8 Å². The molecule has 1 aromatic rings. The number of hydrogen-bond acceptors (Lipinski definition) is 3. The van der Waals surface area contributed by atoms with Gasteiger partial charge in [0.1, 0.15) is 5.82 Å². The van der Waals surface area contributed by atoms with E-state index >= 15 is 0 Å². The normalized spacial score (nSPS) is 13.1. The van der Waals surface area contributed by atoms with E-state index in [1.165, 1.54) is 12.1 Å². The molecule has 21 heavy (non-hydrogen) atoms. The second-order valence-electron chi connectivity index (χ2n) is 5.18. The molecule has 0 aliphatic carbocycles. The highest BCUT2D eigenvalue weighted by atomic mass is 32.2. The Morgan fingerprint density at radius 1 is 1.33 bits per heavy atom. The molecule has 5 nitrogen and oxygen atoms in total. The molecule has 0 heterocycles. The van der Waals surface area contributed by atoms with Gasteiger partial charge in [-0.1, -0.05) is 0 Å². The van der Waals surface area contributed by atoms with E-state index in [-0.39, 0.29) is 11.3 Å². The molecule has 0 bridgehead atoms. The minimum Gasteiger partial charge on any atom is -0.481 e. The number of sulfonamides is 1. The highest BCUT2D eigenvalue weighted by Gasteiger charge is 2.22. The lowest BCUT2D eigenvalue weighted by Gasteiger charge is -2.16. The average Bonchev–Trinajstić information content (AvgIpc) is 2.24. The second-order valence-corrected chi connectivity index (χ2v) is 6.83. The van der Waals surface area contributed by atoms with Crippen molar-refractivity contribution in [3.63, 3.8) is 0 Å². The van der Waals surface area contributed by atoms with Crippen LogP contribution in [0.3, 0.4) is 0 Å². The maximum absolute atomic E-state index is 13.2. The van der Waals surface area contributed by atoms with Crippen molar-refractivity contribution in [3.05, 3.63) is 29.1 Å². The molecule has 0 aliphatic heterocycles. The standard InChI is InChI=1S/C14H20FNO4S/c1-9-7-12(15)8-10(2)14(9)21(19,20)16-11(3)5-4-6-13(17)18/h7-8,11,16H,4-6H2,1-3H3,(H,17,18). The minimum absolute atomic E-state index is 0.000666. The lowest BCUT2D eigenvalue weighted by molar-refractivity contribution is -0.137. The third-order valence-corrected chi connectivity index (χ3v) is 4.97. The number of aryl methyl sites for hydroxylation is 2. The monoisotopic (exact) mass is 317 g/mol. The third kappa shape index (κ3) is 5.09. The summed E-state index contributed by atoms with van der Waals surface area (Å²) in [5, 5.41) is 8.56. The van der Waals surface area contributed by atoms with E-state index in [1.807, 2.05) is 0 Å². The first-order valence-electron chi connectivity index (χ1n) is 6.64. The first-order valence-corrected chi connectivity index (χ1v) is 8.12. The summed E-state index contributed by atoms with van der Waals surface area (Å²) in [4.78, 5) is 10.5. The van der Waals surface area contributed by atoms with Crippen LogP contribution in [0.4, 0.5) is 4.39 Å². The zero-order valence-corrected chi connectivity index (χ0v) is 13.1. The molecule has 0 aromatic heterocycles. The van der Waals surface area contributed by atoms with Crippen molar-refractivity contribution in [2.24, 2.45) is 0 Å². The number of nitrogens with one attached hydrogen (secondary N) is 1. The third-order valence-electron chi connectivity index (χ3n) is 3.08. The van der Waals surface area contributed by atoms with Gasteiger partial charge >= 0.3 is 5.97 Å². The number of rotatable bonds is 7. The minimum atomic E-state index is -3.75. The quantitative estimate of drug-likeness (QED) is 0.808. The molecule has 0 spiro atoms. The highest BCUT2D eigenvalue weighted by molar-refractivity contribution is 7.89. The fraction of sp³-hybridized carbons (Fsp3) is 0.500. The van der Waals surface area contributed by atoms with Crippen LogP contribution in [0.2, 0.25) is 0 Å². The fourth-order valence-electron chi connectivity index (χ4n) is 2.26. The van der Waals surface area contributed by atoms with Gasteiger partial charge in [-0.2, -0.15) is 0 Å². The van der Waals surface area contributed by atoms with E-state index in [0.29, 0.717) is 24.0 Å². The van der Waals surface area contributed by atoms with Crippen molar-refractivity contribution < 1.29 is 22.7 Å². The number of halogens is 1. The molecular weight excluding hydrogens is 297 g/mol. The van der Waals surface area contributed by atoms with E-state index in [4.69, 9.17) is 5.11 Å². The molecule has 0 radical (unpaired) electrons. The zero-order valence-electron chi connectivity index (χ0n) is 12.3. The molecular formula is C14H20FNO4S. The van der Waals surface area contributed by atoms with E-state index in [1.54, 1.807) is 20.8 Å². The Hall–Kier alpha value is -1.47. The average molecular weight is 317 g/mol. The number of aliphatic carboxylic acids is 1. The Kier molecular flexibility index (Phi) is 5.86. The molecule has 0 amide bonds. The summed E-state index contributed by atoms with van der Waals surface area (Å²) in [6.07, 6.45) is 0.811. The first kappa shape index (κ1) is 17.6. The van der Waals surface area contributed by atoms with E-state index in [9.17, 15) is 17.6 Å². The molecule has 0 aliphatic rings. The van der Waals surface area contributed by atoms with Gasteiger partial charge in [-0.15, -0.1) is 0 Å². The summed E-state index contributed by atoms with van der Waals surface area (Å²) < 4.78 is 40.4. The Bertz CT molecular complexity index is 605. The summed E-state index contributed by atoms with van der Waals surface area (Å²) in [7, 11) is -3.75.